The Bertz CT molecular complexity index is 635. The topological polar surface area (TPSA) is 20.2 Å². The average Bonchev–Trinajstić information content (AvgIpc) is 2.36. The standard InChI is InChI=1S/C17H19FOS/c1-10-5-6-16(12(3)7-10)20-17-8-11(2)15(18)9-14(17)13(4)19/h5-9,13,19H,1-4H3/t13-/m0/s1. The molecule has 0 bridgehead atoms. The highest BCUT2D eigenvalue weighted by Gasteiger charge is 2.13. The molecule has 2 aromatic rings. The number of halogens is 1. The van der Waals surface area contributed by atoms with Gasteiger partial charge >= 0.3 is 0 Å². The van der Waals surface area contributed by atoms with Crippen LogP contribution in [0.15, 0.2) is 40.1 Å². The molecule has 0 aliphatic rings. The Balaban J connectivity index is 2.44. The first-order chi connectivity index (χ1) is 9.38. The zero-order valence-electron chi connectivity index (χ0n) is 12.2. The largest absolute Gasteiger partial charge is 0.389 e. The molecule has 1 nitrogen and oxygen atoms in total. The van der Waals surface area contributed by atoms with E-state index in [1.165, 1.54) is 17.2 Å². The van der Waals surface area contributed by atoms with Gasteiger partial charge in [0, 0.05) is 9.79 Å². The van der Waals surface area contributed by atoms with Crippen molar-refractivity contribution in [3.63, 3.8) is 0 Å². The fourth-order valence-corrected chi connectivity index (χ4v) is 3.29. The van der Waals surface area contributed by atoms with Crippen LogP contribution in [0.1, 0.15) is 35.3 Å². The number of rotatable bonds is 3. The molecule has 0 unspecified atom stereocenters. The second-order valence-corrected chi connectivity index (χ2v) is 6.27. The molecule has 20 heavy (non-hydrogen) atoms. The van der Waals surface area contributed by atoms with Gasteiger partial charge in [-0.3, -0.25) is 0 Å². The molecule has 2 rings (SSSR count). The van der Waals surface area contributed by atoms with Crippen LogP contribution in [0.25, 0.3) is 0 Å². The van der Waals surface area contributed by atoms with Crippen LogP contribution >= 0.6 is 11.8 Å². The van der Waals surface area contributed by atoms with E-state index in [1.54, 1.807) is 31.7 Å². The van der Waals surface area contributed by atoms with Crippen LogP contribution in [0, 0.1) is 26.6 Å². The number of hydrogen-bond acceptors (Lipinski definition) is 2. The third-order valence-electron chi connectivity index (χ3n) is 3.29. The fraction of sp³-hybridized carbons (Fsp3) is 0.294. The number of aliphatic hydroxyl groups excluding tert-OH is 1. The summed E-state index contributed by atoms with van der Waals surface area (Å²) in [6.07, 6.45) is -0.682. The summed E-state index contributed by atoms with van der Waals surface area (Å²) in [5, 5.41) is 9.83. The molecule has 0 heterocycles. The van der Waals surface area contributed by atoms with Crippen molar-refractivity contribution in [2.45, 2.75) is 43.6 Å². The third-order valence-corrected chi connectivity index (χ3v) is 4.54. The summed E-state index contributed by atoms with van der Waals surface area (Å²) in [7, 11) is 0. The smallest absolute Gasteiger partial charge is 0.126 e. The highest BCUT2D eigenvalue weighted by molar-refractivity contribution is 7.99. The van der Waals surface area contributed by atoms with Crippen LogP contribution < -0.4 is 0 Å². The maximum atomic E-state index is 13.7. The molecule has 0 saturated heterocycles. The average molecular weight is 290 g/mol. The summed E-state index contributed by atoms with van der Waals surface area (Å²) in [4.78, 5) is 2.04. The minimum atomic E-state index is -0.682. The molecule has 0 spiro atoms. The van der Waals surface area contributed by atoms with E-state index in [0.29, 0.717) is 11.1 Å². The summed E-state index contributed by atoms with van der Waals surface area (Å²) >= 11 is 1.57. The molecular weight excluding hydrogens is 271 g/mol. The summed E-state index contributed by atoms with van der Waals surface area (Å²) in [5.74, 6) is -0.272. The van der Waals surface area contributed by atoms with Gasteiger partial charge in [-0.1, -0.05) is 29.5 Å². The van der Waals surface area contributed by atoms with Crippen molar-refractivity contribution < 1.29 is 9.50 Å². The van der Waals surface area contributed by atoms with Crippen molar-refractivity contribution >= 4 is 11.8 Å². The predicted molar refractivity (Wildman–Crippen MR) is 81.8 cm³/mol. The molecule has 0 amide bonds. The van der Waals surface area contributed by atoms with Gasteiger partial charge in [-0.15, -0.1) is 0 Å². The molecular formula is C17H19FOS. The van der Waals surface area contributed by atoms with Crippen molar-refractivity contribution in [3.05, 3.63) is 58.4 Å². The van der Waals surface area contributed by atoms with Crippen LogP contribution in [0.3, 0.4) is 0 Å². The van der Waals surface area contributed by atoms with Crippen LogP contribution in [-0.4, -0.2) is 5.11 Å². The van der Waals surface area contributed by atoms with Gasteiger partial charge in [-0.05, 0) is 62.6 Å². The van der Waals surface area contributed by atoms with Gasteiger partial charge in [0.25, 0.3) is 0 Å². The molecule has 1 atom stereocenters. The maximum Gasteiger partial charge on any atom is 0.126 e. The fourth-order valence-electron chi connectivity index (χ4n) is 2.12. The lowest BCUT2D eigenvalue weighted by Gasteiger charge is -2.14. The van der Waals surface area contributed by atoms with E-state index in [-0.39, 0.29) is 5.82 Å². The van der Waals surface area contributed by atoms with Crippen LogP contribution in [-0.2, 0) is 0 Å². The van der Waals surface area contributed by atoms with E-state index in [2.05, 4.69) is 32.0 Å². The van der Waals surface area contributed by atoms with Crippen molar-refractivity contribution in [2.24, 2.45) is 0 Å². The molecule has 0 radical (unpaired) electrons. The molecule has 3 heteroatoms. The minimum Gasteiger partial charge on any atom is -0.389 e. The lowest BCUT2D eigenvalue weighted by Crippen LogP contribution is -1.97. The first-order valence-electron chi connectivity index (χ1n) is 6.61. The number of benzene rings is 2. The summed E-state index contributed by atoms with van der Waals surface area (Å²) in [6, 6.07) is 9.50. The molecule has 0 fully saturated rings. The van der Waals surface area contributed by atoms with E-state index in [0.717, 1.165) is 9.79 Å². The number of aryl methyl sites for hydroxylation is 3. The van der Waals surface area contributed by atoms with Gasteiger partial charge in [-0.25, -0.2) is 4.39 Å². The third kappa shape index (κ3) is 3.22. The van der Waals surface area contributed by atoms with E-state index in [9.17, 15) is 9.50 Å². The Morgan fingerprint density at radius 1 is 1.00 bits per heavy atom. The van der Waals surface area contributed by atoms with Gasteiger partial charge in [0.1, 0.15) is 5.82 Å². The van der Waals surface area contributed by atoms with Crippen molar-refractivity contribution in [3.8, 4) is 0 Å². The molecule has 0 aliphatic heterocycles. The van der Waals surface area contributed by atoms with E-state index in [4.69, 9.17) is 0 Å². The van der Waals surface area contributed by atoms with Crippen molar-refractivity contribution in [1.29, 1.82) is 0 Å². The predicted octanol–water partition coefficient (Wildman–Crippen LogP) is 4.96. The second-order valence-electron chi connectivity index (χ2n) is 5.19. The van der Waals surface area contributed by atoms with E-state index in [1.807, 2.05) is 0 Å². The molecule has 0 aromatic heterocycles. The van der Waals surface area contributed by atoms with Crippen molar-refractivity contribution in [1.82, 2.24) is 0 Å². The SMILES string of the molecule is Cc1ccc(Sc2cc(C)c(F)cc2[C@H](C)O)c(C)c1. The normalized spacial score (nSPS) is 12.5. The lowest BCUT2D eigenvalue weighted by molar-refractivity contribution is 0.196. The Morgan fingerprint density at radius 3 is 2.30 bits per heavy atom. The first kappa shape index (κ1) is 15.1. The quantitative estimate of drug-likeness (QED) is 0.862. The van der Waals surface area contributed by atoms with Gasteiger partial charge in [0.2, 0.25) is 0 Å². The molecule has 1 N–H and O–H groups in total. The molecule has 106 valence electrons. The number of aliphatic hydroxyl groups is 1. The lowest BCUT2D eigenvalue weighted by atomic mass is 10.1. The van der Waals surface area contributed by atoms with Crippen LogP contribution in [0.2, 0.25) is 0 Å². The molecule has 0 aliphatic carbocycles. The highest BCUT2D eigenvalue weighted by Crippen LogP contribution is 2.36. The Labute approximate surface area is 123 Å². The van der Waals surface area contributed by atoms with E-state index < -0.39 is 6.10 Å². The van der Waals surface area contributed by atoms with Crippen LogP contribution in [0.5, 0.6) is 0 Å². The van der Waals surface area contributed by atoms with Gasteiger partial charge in [0.15, 0.2) is 0 Å². The van der Waals surface area contributed by atoms with E-state index >= 15 is 0 Å². The van der Waals surface area contributed by atoms with Gasteiger partial charge in [-0.2, -0.15) is 0 Å². The monoisotopic (exact) mass is 290 g/mol. The summed E-state index contributed by atoms with van der Waals surface area (Å²) in [6.45, 7) is 7.53. The summed E-state index contributed by atoms with van der Waals surface area (Å²) < 4.78 is 13.7. The van der Waals surface area contributed by atoms with Gasteiger partial charge in [0.05, 0.1) is 6.10 Å². The van der Waals surface area contributed by atoms with Crippen molar-refractivity contribution in [2.75, 3.05) is 0 Å². The maximum absolute atomic E-state index is 13.7. The molecule has 2 aromatic carbocycles. The Hall–Kier alpha value is -1.32. The zero-order valence-corrected chi connectivity index (χ0v) is 13.0. The van der Waals surface area contributed by atoms with Gasteiger partial charge < -0.3 is 5.11 Å². The highest BCUT2D eigenvalue weighted by atomic mass is 32.2. The zero-order chi connectivity index (χ0) is 14.9. The summed E-state index contributed by atoms with van der Waals surface area (Å²) in [5.41, 5.74) is 3.64. The van der Waals surface area contributed by atoms with Crippen LogP contribution in [0.4, 0.5) is 4.39 Å². The Morgan fingerprint density at radius 2 is 1.70 bits per heavy atom. The molecule has 0 saturated carbocycles. The number of hydrogen-bond donors (Lipinski definition) is 1. The minimum absolute atomic E-state index is 0.272. The second kappa shape index (κ2) is 5.98. The Kier molecular flexibility index (Phi) is 4.51. The first-order valence-corrected chi connectivity index (χ1v) is 7.43.